The van der Waals surface area contributed by atoms with Crippen LogP contribution in [0.25, 0.3) is 0 Å². The molecule has 0 saturated heterocycles. The van der Waals surface area contributed by atoms with Crippen LogP contribution in [0.4, 0.5) is 0 Å². The largest absolute Gasteiger partial charge is 0.312 e. The molecule has 0 aromatic heterocycles. The Bertz CT molecular complexity index is 139. The maximum atomic E-state index is 5.33. The molecule has 0 aromatic carbocycles. The average molecular weight is 171 g/mol. The minimum atomic E-state index is 0.322. The van der Waals surface area contributed by atoms with Crippen LogP contribution >= 0.6 is 0 Å². The topological polar surface area (TPSA) is 50.4 Å². The number of hydrazine groups is 1. The molecule has 0 aliphatic carbocycles. The first-order valence-electron chi connectivity index (χ1n) is 4.59. The molecule has 0 radical (unpaired) electrons. The Hall–Kier alpha value is -0.570. The Morgan fingerprint density at radius 2 is 1.92 bits per heavy atom. The smallest absolute Gasteiger partial charge is 0.111 e. The molecule has 0 rings (SSSR count). The highest BCUT2D eigenvalue weighted by Crippen LogP contribution is 2.04. The van der Waals surface area contributed by atoms with Crippen LogP contribution in [-0.2, 0) is 0 Å². The first kappa shape index (κ1) is 11.4. The monoisotopic (exact) mass is 171 g/mol. The van der Waals surface area contributed by atoms with Gasteiger partial charge in [0.1, 0.15) is 5.84 Å². The van der Waals surface area contributed by atoms with Gasteiger partial charge < -0.3 is 5.43 Å². The maximum Gasteiger partial charge on any atom is 0.111 e. The summed E-state index contributed by atoms with van der Waals surface area (Å²) in [6, 6.07) is 0.322. The van der Waals surface area contributed by atoms with Crippen LogP contribution in [0.5, 0.6) is 0 Å². The van der Waals surface area contributed by atoms with Gasteiger partial charge in [-0.2, -0.15) is 0 Å². The van der Waals surface area contributed by atoms with E-state index in [4.69, 9.17) is 5.84 Å². The highest BCUT2D eigenvalue weighted by atomic mass is 15.2. The molecule has 0 aliphatic rings. The fourth-order valence-electron chi connectivity index (χ4n) is 0.911. The zero-order valence-corrected chi connectivity index (χ0v) is 8.59. The summed E-state index contributed by atoms with van der Waals surface area (Å²) in [5.74, 6) is 6.95. The van der Waals surface area contributed by atoms with E-state index in [1.807, 2.05) is 13.8 Å². The normalized spacial score (nSPS) is 12.8. The Labute approximate surface area is 75.4 Å². The van der Waals surface area contributed by atoms with Gasteiger partial charge in [-0.3, -0.25) is 4.99 Å². The maximum absolute atomic E-state index is 5.33. The molecule has 0 fully saturated rings. The third kappa shape index (κ3) is 6.16. The van der Waals surface area contributed by atoms with Crippen molar-refractivity contribution in [2.45, 2.75) is 46.6 Å². The van der Waals surface area contributed by atoms with Crippen LogP contribution < -0.4 is 11.3 Å². The molecule has 3 heteroatoms. The van der Waals surface area contributed by atoms with Gasteiger partial charge in [0.05, 0.1) is 0 Å². The fourth-order valence-corrected chi connectivity index (χ4v) is 0.911. The van der Waals surface area contributed by atoms with E-state index in [2.05, 4.69) is 24.3 Å². The van der Waals surface area contributed by atoms with E-state index in [-0.39, 0.29) is 0 Å². The summed E-state index contributed by atoms with van der Waals surface area (Å²) in [6.45, 7) is 8.49. The lowest BCUT2D eigenvalue weighted by atomic mass is 10.1. The molecule has 0 heterocycles. The van der Waals surface area contributed by atoms with Crippen molar-refractivity contribution in [3.05, 3.63) is 0 Å². The second kappa shape index (κ2) is 6.00. The van der Waals surface area contributed by atoms with Gasteiger partial charge in [-0.25, -0.2) is 5.84 Å². The van der Waals surface area contributed by atoms with Crippen molar-refractivity contribution in [2.75, 3.05) is 0 Å². The Balaban J connectivity index is 3.83. The molecule has 0 spiro atoms. The summed E-state index contributed by atoms with van der Waals surface area (Å²) in [7, 11) is 0. The zero-order chi connectivity index (χ0) is 9.56. The van der Waals surface area contributed by atoms with Gasteiger partial charge in [0.15, 0.2) is 0 Å². The summed E-state index contributed by atoms with van der Waals surface area (Å²) >= 11 is 0. The summed E-state index contributed by atoms with van der Waals surface area (Å²) in [4.78, 5) is 4.35. The molecular weight excluding hydrogens is 150 g/mol. The minimum absolute atomic E-state index is 0.322. The van der Waals surface area contributed by atoms with Crippen LogP contribution in [0, 0.1) is 5.92 Å². The number of amidine groups is 1. The highest BCUT2D eigenvalue weighted by Gasteiger charge is 2.00. The molecule has 0 saturated carbocycles. The van der Waals surface area contributed by atoms with Gasteiger partial charge in [-0.05, 0) is 26.2 Å². The molecule has 3 N–H and O–H groups in total. The van der Waals surface area contributed by atoms with E-state index in [0.717, 1.165) is 18.7 Å². The molecule has 0 bridgehead atoms. The lowest BCUT2D eigenvalue weighted by Gasteiger charge is -2.08. The zero-order valence-electron chi connectivity index (χ0n) is 8.59. The van der Waals surface area contributed by atoms with E-state index in [1.54, 1.807) is 0 Å². The minimum Gasteiger partial charge on any atom is -0.312 e. The fraction of sp³-hybridized carbons (Fsp3) is 0.889. The molecule has 0 aliphatic heterocycles. The van der Waals surface area contributed by atoms with Gasteiger partial charge in [-0.15, -0.1) is 0 Å². The van der Waals surface area contributed by atoms with Crippen molar-refractivity contribution in [2.24, 2.45) is 16.8 Å². The number of nitrogens with two attached hydrogens (primary N) is 1. The third-order valence-electron chi connectivity index (χ3n) is 1.54. The molecule has 3 nitrogen and oxygen atoms in total. The molecule has 0 atom stereocenters. The number of nitrogens with one attached hydrogen (secondary N) is 1. The van der Waals surface area contributed by atoms with Crippen molar-refractivity contribution in [1.29, 1.82) is 0 Å². The molecule has 0 amide bonds. The second-order valence-electron chi connectivity index (χ2n) is 3.75. The van der Waals surface area contributed by atoms with Crippen molar-refractivity contribution in [3.8, 4) is 0 Å². The summed E-state index contributed by atoms with van der Waals surface area (Å²) in [5.41, 5.74) is 2.64. The number of hydrogen-bond donors (Lipinski definition) is 2. The van der Waals surface area contributed by atoms with Crippen molar-refractivity contribution in [3.63, 3.8) is 0 Å². The van der Waals surface area contributed by atoms with E-state index in [1.165, 1.54) is 0 Å². The van der Waals surface area contributed by atoms with Crippen molar-refractivity contribution in [1.82, 2.24) is 5.43 Å². The van der Waals surface area contributed by atoms with Gasteiger partial charge >= 0.3 is 0 Å². The van der Waals surface area contributed by atoms with Crippen molar-refractivity contribution < 1.29 is 0 Å². The van der Waals surface area contributed by atoms with E-state index >= 15 is 0 Å². The number of nitrogens with zero attached hydrogens (tertiary/aromatic N) is 1. The summed E-state index contributed by atoms with van der Waals surface area (Å²) in [5, 5.41) is 0. The lowest BCUT2D eigenvalue weighted by Crippen LogP contribution is -2.31. The van der Waals surface area contributed by atoms with E-state index < -0.39 is 0 Å². The van der Waals surface area contributed by atoms with Crippen LogP contribution in [0.2, 0.25) is 0 Å². The SMILES string of the molecule is CC(C)CCC(=NC(C)C)NN. The predicted molar refractivity (Wildman–Crippen MR) is 54.0 cm³/mol. The second-order valence-corrected chi connectivity index (χ2v) is 3.75. The van der Waals surface area contributed by atoms with Crippen molar-refractivity contribution >= 4 is 5.84 Å². The standard InChI is InChI=1S/C9H21N3/c1-7(2)5-6-9(12-10)11-8(3)4/h7-8H,5-6,10H2,1-4H3,(H,11,12). The number of aliphatic imine (C=N–C) groups is 1. The van der Waals surface area contributed by atoms with Crippen LogP contribution in [0.3, 0.4) is 0 Å². The molecular formula is C9H21N3. The molecule has 72 valence electrons. The van der Waals surface area contributed by atoms with Crippen LogP contribution in [0.15, 0.2) is 4.99 Å². The first-order valence-corrected chi connectivity index (χ1v) is 4.59. The Morgan fingerprint density at radius 1 is 1.33 bits per heavy atom. The average Bonchev–Trinajstić information content (AvgIpc) is 1.97. The van der Waals surface area contributed by atoms with Crippen LogP contribution in [-0.4, -0.2) is 11.9 Å². The third-order valence-corrected chi connectivity index (χ3v) is 1.54. The van der Waals surface area contributed by atoms with Gasteiger partial charge in [0, 0.05) is 12.5 Å². The summed E-state index contributed by atoms with van der Waals surface area (Å²) < 4.78 is 0. The number of hydrogen-bond acceptors (Lipinski definition) is 2. The molecule has 0 unspecified atom stereocenters. The predicted octanol–water partition coefficient (Wildman–Crippen LogP) is 1.69. The number of rotatable bonds is 4. The van der Waals surface area contributed by atoms with Gasteiger partial charge in [0.2, 0.25) is 0 Å². The molecule has 12 heavy (non-hydrogen) atoms. The first-order chi connectivity index (χ1) is 5.56. The van der Waals surface area contributed by atoms with E-state index in [9.17, 15) is 0 Å². The highest BCUT2D eigenvalue weighted by molar-refractivity contribution is 5.81. The van der Waals surface area contributed by atoms with Crippen LogP contribution in [0.1, 0.15) is 40.5 Å². The Morgan fingerprint density at radius 3 is 2.25 bits per heavy atom. The van der Waals surface area contributed by atoms with E-state index in [0.29, 0.717) is 12.0 Å². The lowest BCUT2D eigenvalue weighted by molar-refractivity contribution is 0.596. The van der Waals surface area contributed by atoms with Gasteiger partial charge in [0.25, 0.3) is 0 Å². The Kier molecular flexibility index (Phi) is 5.72. The molecule has 0 aromatic rings. The summed E-state index contributed by atoms with van der Waals surface area (Å²) in [6.07, 6.45) is 2.09. The quantitative estimate of drug-likeness (QED) is 0.293. The van der Waals surface area contributed by atoms with Gasteiger partial charge in [-0.1, -0.05) is 13.8 Å².